The van der Waals surface area contributed by atoms with Crippen LogP contribution in [-0.2, 0) is 0 Å². The lowest BCUT2D eigenvalue weighted by Gasteiger charge is -2.42. The van der Waals surface area contributed by atoms with Crippen LogP contribution in [0, 0.1) is 5.92 Å². The molecule has 1 N–H and O–H groups in total. The third kappa shape index (κ3) is 3.03. The Morgan fingerprint density at radius 1 is 1.06 bits per heavy atom. The molecule has 0 saturated carbocycles. The Balaban J connectivity index is 1.89. The lowest BCUT2D eigenvalue weighted by atomic mass is 9.94. The Hall–Kier alpha value is -0.0800. The Labute approximate surface area is 107 Å². The second-order valence-corrected chi connectivity index (χ2v) is 6.61. The van der Waals surface area contributed by atoms with Crippen molar-refractivity contribution in [2.75, 3.05) is 7.05 Å². The quantitative estimate of drug-likeness (QED) is 0.792. The maximum absolute atomic E-state index is 3.49. The normalized spacial score (nSPS) is 35.5. The molecule has 3 unspecified atom stereocenters. The van der Waals surface area contributed by atoms with Crippen molar-refractivity contribution in [3.8, 4) is 0 Å². The molecule has 2 saturated heterocycles. The molecular weight excluding hydrogens is 208 g/mol. The molecule has 0 radical (unpaired) electrons. The molecule has 100 valence electrons. The van der Waals surface area contributed by atoms with Crippen molar-refractivity contribution in [2.24, 2.45) is 5.92 Å². The van der Waals surface area contributed by atoms with Crippen LogP contribution in [0.15, 0.2) is 0 Å². The minimum atomic E-state index is 0.779. The zero-order valence-electron chi connectivity index (χ0n) is 12.1. The minimum absolute atomic E-state index is 0.779. The van der Waals surface area contributed by atoms with Gasteiger partial charge in [0.15, 0.2) is 0 Å². The Morgan fingerprint density at radius 2 is 1.65 bits per heavy atom. The summed E-state index contributed by atoms with van der Waals surface area (Å²) in [6, 6.07) is 3.32. The summed E-state index contributed by atoms with van der Waals surface area (Å²) in [5.41, 5.74) is 0. The van der Waals surface area contributed by atoms with Crippen LogP contribution in [-0.4, -0.2) is 36.1 Å². The number of hydrogen-bond acceptors (Lipinski definition) is 2. The van der Waals surface area contributed by atoms with E-state index in [4.69, 9.17) is 0 Å². The van der Waals surface area contributed by atoms with Crippen LogP contribution >= 0.6 is 0 Å². The van der Waals surface area contributed by atoms with Gasteiger partial charge in [-0.25, -0.2) is 0 Å². The van der Waals surface area contributed by atoms with Gasteiger partial charge in [-0.2, -0.15) is 0 Å². The van der Waals surface area contributed by atoms with E-state index in [0.717, 1.165) is 30.1 Å². The van der Waals surface area contributed by atoms with Crippen molar-refractivity contribution in [3.05, 3.63) is 0 Å². The third-order valence-corrected chi connectivity index (χ3v) is 4.87. The van der Waals surface area contributed by atoms with Crippen molar-refractivity contribution < 1.29 is 0 Å². The summed E-state index contributed by atoms with van der Waals surface area (Å²) in [7, 11) is 2.13. The third-order valence-electron chi connectivity index (χ3n) is 4.87. The molecule has 0 aromatic heterocycles. The van der Waals surface area contributed by atoms with Crippen LogP contribution in [0.4, 0.5) is 0 Å². The van der Waals surface area contributed by atoms with Crippen molar-refractivity contribution >= 4 is 0 Å². The second kappa shape index (κ2) is 5.71. The fraction of sp³-hybridized carbons (Fsp3) is 1.00. The maximum Gasteiger partial charge on any atom is 0.0116 e. The van der Waals surface area contributed by atoms with Crippen molar-refractivity contribution in [1.29, 1.82) is 0 Å². The van der Waals surface area contributed by atoms with Crippen LogP contribution in [0.5, 0.6) is 0 Å². The highest BCUT2D eigenvalue weighted by molar-refractivity contribution is 4.98. The van der Waals surface area contributed by atoms with Crippen molar-refractivity contribution in [2.45, 2.75) is 83.5 Å². The zero-order valence-corrected chi connectivity index (χ0v) is 12.1. The number of piperidine rings is 1. The van der Waals surface area contributed by atoms with Gasteiger partial charge in [0.1, 0.15) is 0 Å². The second-order valence-electron chi connectivity index (χ2n) is 6.61. The molecule has 0 aliphatic carbocycles. The summed E-state index contributed by atoms with van der Waals surface area (Å²) in [5, 5.41) is 3.49. The summed E-state index contributed by atoms with van der Waals surface area (Å²) in [4.78, 5) is 2.86. The van der Waals surface area contributed by atoms with E-state index in [2.05, 4.69) is 38.0 Å². The van der Waals surface area contributed by atoms with E-state index >= 15 is 0 Å². The fourth-order valence-electron chi connectivity index (χ4n) is 3.89. The molecule has 2 rings (SSSR count). The molecule has 2 aliphatic heterocycles. The fourth-order valence-corrected chi connectivity index (χ4v) is 3.89. The van der Waals surface area contributed by atoms with Gasteiger partial charge in [0, 0.05) is 24.2 Å². The molecule has 2 heteroatoms. The maximum atomic E-state index is 3.49. The zero-order chi connectivity index (χ0) is 12.4. The predicted octanol–water partition coefficient (Wildman–Crippen LogP) is 3.03. The number of hydrogen-bond donors (Lipinski definition) is 1. The average Bonchev–Trinajstić information content (AvgIpc) is 2.57. The summed E-state index contributed by atoms with van der Waals surface area (Å²) in [6.07, 6.45) is 8.39. The van der Waals surface area contributed by atoms with Crippen LogP contribution in [0.1, 0.15) is 59.3 Å². The summed E-state index contributed by atoms with van der Waals surface area (Å²) >= 11 is 0. The van der Waals surface area contributed by atoms with Crippen LogP contribution < -0.4 is 5.32 Å². The molecule has 2 bridgehead atoms. The van der Waals surface area contributed by atoms with E-state index in [1.165, 1.54) is 38.5 Å². The van der Waals surface area contributed by atoms with E-state index < -0.39 is 0 Å². The summed E-state index contributed by atoms with van der Waals surface area (Å²) < 4.78 is 0. The predicted molar refractivity (Wildman–Crippen MR) is 74.3 cm³/mol. The van der Waals surface area contributed by atoms with Gasteiger partial charge in [-0.1, -0.05) is 13.8 Å². The molecule has 2 fully saturated rings. The first kappa shape index (κ1) is 13.4. The molecule has 2 heterocycles. The molecule has 2 nitrogen and oxygen atoms in total. The van der Waals surface area contributed by atoms with E-state index in [1.54, 1.807) is 0 Å². The Bertz CT molecular complexity index is 225. The topological polar surface area (TPSA) is 15.3 Å². The molecule has 0 amide bonds. The van der Waals surface area contributed by atoms with Gasteiger partial charge in [0.25, 0.3) is 0 Å². The van der Waals surface area contributed by atoms with Crippen LogP contribution in [0.3, 0.4) is 0 Å². The molecule has 0 aromatic rings. The highest BCUT2D eigenvalue weighted by atomic mass is 15.2. The Morgan fingerprint density at radius 3 is 2.12 bits per heavy atom. The first-order chi connectivity index (χ1) is 8.11. The number of nitrogens with one attached hydrogen (secondary N) is 1. The van der Waals surface area contributed by atoms with Gasteiger partial charge in [-0.3, -0.25) is 4.90 Å². The van der Waals surface area contributed by atoms with E-state index in [9.17, 15) is 0 Å². The van der Waals surface area contributed by atoms with Crippen molar-refractivity contribution in [3.63, 3.8) is 0 Å². The highest BCUT2D eigenvalue weighted by Crippen LogP contribution is 2.38. The van der Waals surface area contributed by atoms with Gasteiger partial charge in [0.2, 0.25) is 0 Å². The number of fused-ring (bicyclic) bond motifs is 2. The lowest BCUT2D eigenvalue weighted by Crippen LogP contribution is -2.51. The monoisotopic (exact) mass is 238 g/mol. The van der Waals surface area contributed by atoms with Crippen LogP contribution in [0.2, 0.25) is 0 Å². The van der Waals surface area contributed by atoms with E-state index in [1.807, 2.05) is 0 Å². The minimum Gasteiger partial charge on any atom is -0.317 e. The van der Waals surface area contributed by atoms with Gasteiger partial charge < -0.3 is 5.32 Å². The standard InChI is InChI=1S/C15H30N2/c1-11(2)5-6-12(3)17-14-7-8-15(17)10-13(9-14)16-4/h11-16H,5-10H2,1-4H3. The first-order valence-electron chi connectivity index (χ1n) is 7.56. The molecule has 0 aromatic carbocycles. The molecular formula is C15H30N2. The average molecular weight is 238 g/mol. The summed E-state index contributed by atoms with van der Waals surface area (Å²) in [5.74, 6) is 0.852. The molecule has 2 aliphatic rings. The SMILES string of the molecule is CNC1CC2CCC(C1)N2C(C)CCC(C)C. The van der Waals surface area contributed by atoms with Gasteiger partial charge in [0.05, 0.1) is 0 Å². The van der Waals surface area contributed by atoms with E-state index in [0.29, 0.717) is 0 Å². The molecule has 3 atom stereocenters. The van der Waals surface area contributed by atoms with Gasteiger partial charge in [-0.05, 0) is 58.4 Å². The Kier molecular flexibility index (Phi) is 4.48. The van der Waals surface area contributed by atoms with Gasteiger partial charge >= 0.3 is 0 Å². The highest BCUT2D eigenvalue weighted by Gasteiger charge is 2.41. The van der Waals surface area contributed by atoms with Crippen LogP contribution in [0.25, 0.3) is 0 Å². The number of nitrogens with zero attached hydrogens (tertiary/aromatic N) is 1. The smallest absolute Gasteiger partial charge is 0.0116 e. The molecule has 17 heavy (non-hydrogen) atoms. The van der Waals surface area contributed by atoms with E-state index in [-0.39, 0.29) is 0 Å². The van der Waals surface area contributed by atoms with Gasteiger partial charge in [-0.15, -0.1) is 0 Å². The van der Waals surface area contributed by atoms with Crippen molar-refractivity contribution in [1.82, 2.24) is 10.2 Å². The largest absolute Gasteiger partial charge is 0.317 e. The molecule has 0 spiro atoms. The first-order valence-corrected chi connectivity index (χ1v) is 7.56. The summed E-state index contributed by atoms with van der Waals surface area (Å²) in [6.45, 7) is 7.14. The number of rotatable bonds is 5. The lowest BCUT2D eigenvalue weighted by molar-refractivity contribution is 0.0726.